The van der Waals surface area contributed by atoms with Crippen LogP contribution in [-0.2, 0) is 6.54 Å². The first-order chi connectivity index (χ1) is 10.2. The van der Waals surface area contributed by atoms with E-state index in [1.165, 1.54) is 0 Å². The average Bonchev–Trinajstić information content (AvgIpc) is 2.97. The zero-order chi connectivity index (χ0) is 14.7. The summed E-state index contributed by atoms with van der Waals surface area (Å²) in [5.41, 5.74) is 4.29. The normalized spacial score (nSPS) is 10.6. The largest absolute Gasteiger partial charge is 0.377 e. The lowest BCUT2D eigenvalue weighted by atomic mass is 10.2. The Morgan fingerprint density at radius 3 is 2.67 bits per heavy atom. The minimum atomic E-state index is 0.683. The van der Waals surface area contributed by atoms with Crippen molar-refractivity contribution in [2.24, 2.45) is 0 Å². The predicted octanol–water partition coefficient (Wildman–Crippen LogP) is 5.38. The van der Waals surface area contributed by atoms with E-state index in [9.17, 15) is 0 Å². The van der Waals surface area contributed by atoms with Gasteiger partial charge in [-0.1, -0.05) is 54.1 Å². The molecule has 0 spiro atoms. The molecule has 106 valence electrons. The number of benzene rings is 2. The first kappa shape index (κ1) is 14.1. The van der Waals surface area contributed by atoms with Gasteiger partial charge < -0.3 is 5.32 Å². The third-order valence-electron chi connectivity index (χ3n) is 3.26. The Morgan fingerprint density at radius 1 is 1.10 bits per heavy atom. The molecule has 0 aliphatic heterocycles. The van der Waals surface area contributed by atoms with Crippen molar-refractivity contribution in [2.75, 3.05) is 5.32 Å². The molecule has 3 aromatic rings. The zero-order valence-corrected chi connectivity index (χ0v) is 13.2. The number of aromatic nitrogens is 1. The van der Waals surface area contributed by atoms with Gasteiger partial charge in [0.05, 0.1) is 22.9 Å². The number of halogens is 1. The molecule has 0 unspecified atom stereocenters. The number of hydrogen-bond acceptors (Lipinski definition) is 3. The van der Waals surface area contributed by atoms with Crippen molar-refractivity contribution in [2.45, 2.75) is 13.5 Å². The Labute approximate surface area is 133 Å². The Morgan fingerprint density at radius 2 is 1.90 bits per heavy atom. The molecule has 0 aliphatic rings. The number of nitrogens with one attached hydrogen (secondary N) is 1. The van der Waals surface area contributed by atoms with Crippen LogP contribution in [0.15, 0.2) is 53.9 Å². The highest BCUT2D eigenvalue weighted by molar-refractivity contribution is 7.10. The van der Waals surface area contributed by atoms with Gasteiger partial charge in [0.1, 0.15) is 5.01 Å². The summed E-state index contributed by atoms with van der Waals surface area (Å²) in [6.45, 7) is 2.73. The second-order valence-corrected chi connectivity index (χ2v) is 6.13. The molecule has 0 radical (unpaired) electrons. The van der Waals surface area contributed by atoms with Crippen LogP contribution < -0.4 is 5.32 Å². The molecular weight excluding hydrogens is 300 g/mol. The predicted molar refractivity (Wildman–Crippen MR) is 91.1 cm³/mol. The topological polar surface area (TPSA) is 24.9 Å². The van der Waals surface area contributed by atoms with E-state index < -0.39 is 0 Å². The number of hydrogen-bond donors (Lipinski definition) is 1. The standard InChI is InChI=1S/C17H15ClN2S/c1-12-6-5-9-14(18)17(12)19-10-16-20-15(11-21-16)13-7-3-2-4-8-13/h2-9,11,19H,10H2,1H3. The molecule has 1 aromatic heterocycles. The molecule has 3 rings (SSSR count). The van der Waals surface area contributed by atoms with Crippen LogP contribution >= 0.6 is 22.9 Å². The maximum absolute atomic E-state index is 6.22. The fraction of sp³-hybridized carbons (Fsp3) is 0.118. The molecule has 0 bridgehead atoms. The molecule has 0 saturated heterocycles. The second-order valence-electron chi connectivity index (χ2n) is 4.78. The number of thiazole rings is 1. The van der Waals surface area contributed by atoms with E-state index in [2.05, 4.69) is 27.8 Å². The van der Waals surface area contributed by atoms with Crippen LogP contribution in [0.2, 0.25) is 5.02 Å². The molecule has 0 amide bonds. The molecule has 1 N–H and O–H groups in total. The van der Waals surface area contributed by atoms with E-state index in [1.807, 2.05) is 43.3 Å². The van der Waals surface area contributed by atoms with Gasteiger partial charge in [0.2, 0.25) is 0 Å². The van der Waals surface area contributed by atoms with Gasteiger partial charge in [-0.2, -0.15) is 0 Å². The Bertz CT molecular complexity index is 717. The van der Waals surface area contributed by atoms with Gasteiger partial charge in [0.25, 0.3) is 0 Å². The SMILES string of the molecule is Cc1cccc(Cl)c1NCc1nc(-c2ccccc2)cs1. The van der Waals surface area contributed by atoms with Crippen LogP contribution in [0, 0.1) is 6.92 Å². The van der Waals surface area contributed by atoms with E-state index in [4.69, 9.17) is 11.6 Å². The summed E-state index contributed by atoms with van der Waals surface area (Å²) in [4.78, 5) is 4.67. The lowest BCUT2D eigenvalue weighted by Gasteiger charge is -2.09. The lowest BCUT2D eigenvalue weighted by Crippen LogP contribution is -2.01. The van der Waals surface area contributed by atoms with Crippen LogP contribution in [0.5, 0.6) is 0 Å². The van der Waals surface area contributed by atoms with E-state index in [-0.39, 0.29) is 0 Å². The molecule has 0 aliphatic carbocycles. The summed E-state index contributed by atoms with van der Waals surface area (Å²) in [6.07, 6.45) is 0. The van der Waals surface area contributed by atoms with Crippen LogP contribution in [-0.4, -0.2) is 4.98 Å². The van der Waals surface area contributed by atoms with Gasteiger partial charge in [-0.15, -0.1) is 11.3 Å². The Hall–Kier alpha value is -1.84. The first-order valence-electron chi connectivity index (χ1n) is 6.73. The fourth-order valence-corrected chi connectivity index (χ4v) is 3.19. The van der Waals surface area contributed by atoms with Gasteiger partial charge in [0.15, 0.2) is 0 Å². The van der Waals surface area contributed by atoms with Crippen LogP contribution in [0.4, 0.5) is 5.69 Å². The summed E-state index contributed by atoms with van der Waals surface area (Å²) < 4.78 is 0. The highest BCUT2D eigenvalue weighted by Gasteiger charge is 2.06. The van der Waals surface area contributed by atoms with Gasteiger partial charge >= 0.3 is 0 Å². The zero-order valence-electron chi connectivity index (χ0n) is 11.6. The molecule has 2 aromatic carbocycles. The molecule has 4 heteroatoms. The molecule has 0 atom stereocenters. The van der Waals surface area contributed by atoms with Crippen molar-refractivity contribution in [3.05, 3.63) is 69.5 Å². The summed E-state index contributed by atoms with van der Waals surface area (Å²) in [7, 11) is 0. The highest BCUT2D eigenvalue weighted by Crippen LogP contribution is 2.27. The molecule has 0 saturated carbocycles. The summed E-state index contributed by atoms with van der Waals surface area (Å²) in [5, 5.41) is 7.26. The third kappa shape index (κ3) is 3.26. The first-order valence-corrected chi connectivity index (χ1v) is 7.98. The van der Waals surface area contributed by atoms with Crippen molar-refractivity contribution in [1.82, 2.24) is 4.98 Å². The van der Waals surface area contributed by atoms with Crippen molar-refractivity contribution in [1.29, 1.82) is 0 Å². The third-order valence-corrected chi connectivity index (χ3v) is 4.42. The van der Waals surface area contributed by atoms with E-state index in [1.54, 1.807) is 11.3 Å². The van der Waals surface area contributed by atoms with Crippen LogP contribution in [0.25, 0.3) is 11.3 Å². The van der Waals surface area contributed by atoms with Crippen molar-refractivity contribution >= 4 is 28.6 Å². The minimum absolute atomic E-state index is 0.683. The van der Waals surface area contributed by atoms with Crippen molar-refractivity contribution in [3.8, 4) is 11.3 Å². The summed E-state index contributed by atoms with van der Waals surface area (Å²) >= 11 is 7.88. The average molecular weight is 315 g/mol. The van der Waals surface area contributed by atoms with E-state index in [0.29, 0.717) is 6.54 Å². The maximum atomic E-state index is 6.22. The minimum Gasteiger partial charge on any atom is -0.377 e. The molecule has 2 nitrogen and oxygen atoms in total. The Kier molecular flexibility index (Phi) is 4.23. The number of rotatable bonds is 4. The van der Waals surface area contributed by atoms with E-state index in [0.717, 1.165) is 32.5 Å². The summed E-state index contributed by atoms with van der Waals surface area (Å²) in [6, 6.07) is 16.1. The van der Waals surface area contributed by atoms with Crippen LogP contribution in [0.1, 0.15) is 10.6 Å². The molecule has 1 heterocycles. The molecular formula is C17H15ClN2S. The quantitative estimate of drug-likeness (QED) is 0.699. The smallest absolute Gasteiger partial charge is 0.112 e. The van der Waals surface area contributed by atoms with Gasteiger partial charge in [0, 0.05) is 10.9 Å². The molecule has 0 fully saturated rings. The fourth-order valence-electron chi connectivity index (χ4n) is 2.15. The van der Waals surface area contributed by atoms with Gasteiger partial charge in [-0.25, -0.2) is 4.98 Å². The monoisotopic (exact) mass is 314 g/mol. The number of anilines is 1. The summed E-state index contributed by atoms with van der Waals surface area (Å²) in [5.74, 6) is 0. The second kappa shape index (κ2) is 6.29. The van der Waals surface area contributed by atoms with Gasteiger partial charge in [-0.05, 0) is 18.6 Å². The number of nitrogens with zero attached hydrogens (tertiary/aromatic N) is 1. The van der Waals surface area contributed by atoms with Crippen LogP contribution in [0.3, 0.4) is 0 Å². The number of para-hydroxylation sites is 1. The van der Waals surface area contributed by atoms with E-state index >= 15 is 0 Å². The number of aryl methyl sites for hydroxylation is 1. The maximum Gasteiger partial charge on any atom is 0.112 e. The highest BCUT2D eigenvalue weighted by atomic mass is 35.5. The molecule has 21 heavy (non-hydrogen) atoms. The Balaban J connectivity index is 1.74. The van der Waals surface area contributed by atoms with Crippen molar-refractivity contribution < 1.29 is 0 Å². The van der Waals surface area contributed by atoms with Crippen molar-refractivity contribution in [3.63, 3.8) is 0 Å². The lowest BCUT2D eigenvalue weighted by molar-refractivity contribution is 1.10. The van der Waals surface area contributed by atoms with Gasteiger partial charge in [-0.3, -0.25) is 0 Å².